The third-order valence-corrected chi connectivity index (χ3v) is 9.99. The van der Waals surface area contributed by atoms with Crippen LogP contribution < -0.4 is 10.2 Å². The number of carbonyl (C=O) groups is 1. The van der Waals surface area contributed by atoms with Crippen molar-refractivity contribution in [2.45, 2.75) is 49.7 Å². The lowest BCUT2D eigenvalue weighted by Crippen LogP contribution is -2.44. The van der Waals surface area contributed by atoms with E-state index in [1.807, 2.05) is 11.8 Å². The summed E-state index contributed by atoms with van der Waals surface area (Å²) in [5.41, 5.74) is 2.63. The Morgan fingerprint density at radius 3 is 2.56 bits per heavy atom. The lowest BCUT2D eigenvalue weighted by molar-refractivity contribution is -0.128. The van der Waals surface area contributed by atoms with E-state index in [0.717, 1.165) is 40.7 Å². The molecule has 1 amide bonds. The first-order chi connectivity index (χ1) is 18.9. The lowest BCUT2D eigenvalue weighted by Gasteiger charge is -2.32. The summed E-state index contributed by atoms with van der Waals surface area (Å²) in [4.78, 5) is 25.9. The molecule has 0 radical (unpaired) electrons. The molecular formula is C29H29F2N5OS2. The van der Waals surface area contributed by atoms with Crippen molar-refractivity contribution >= 4 is 34.7 Å². The highest BCUT2D eigenvalue weighted by Crippen LogP contribution is 2.47. The van der Waals surface area contributed by atoms with E-state index >= 15 is 0 Å². The number of thioether (sulfide) groups is 1. The van der Waals surface area contributed by atoms with Crippen LogP contribution in [0.5, 0.6) is 0 Å². The molecule has 3 aromatic rings. The number of alkyl halides is 1. The van der Waals surface area contributed by atoms with Crippen LogP contribution in [0.3, 0.4) is 0 Å². The average Bonchev–Trinajstić information content (AvgIpc) is 3.61. The highest BCUT2D eigenvalue weighted by molar-refractivity contribution is 7.99. The van der Waals surface area contributed by atoms with Gasteiger partial charge in [0.15, 0.2) is 0 Å². The van der Waals surface area contributed by atoms with E-state index in [1.165, 1.54) is 29.3 Å². The van der Waals surface area contributed by atoms with Gasteiger partial charge in [0.2, 0.25) is 5.91 Å². The van der Waals surface area contributed by atoms with Crippen LogP contribution >= 0.6 is 23.1 Å². The van der Waals surface area contributed by atoms with Crippen LogP contribution in [-0.2, 0) is 4.79 Å². The van der Waals surface area contributed by atoms with Gasteiger partial charge in [0, 0.05) is 42.1 Å². The predicted octanol–water partition coefficient (Wildman–Crippen LogP) is 5.96. The minimum Gasteiger partial charge on any atom is -0.370 e. The number of aromatic nitrogens is 2. The first-order valence-corrected chi connectivity index (χ1v) is 15.3. The van der Waals surface area contributed by atoms with Gasteiger partial charge in [0.25, 0.3) is 0 Å². The number of amides is 1. The molecule has 0 spiro atoms. The Hall–Kier alpha value is -3.03. The molecule has 39 heavy (non-hydrogen) atoms. The molecule has 3 heterocycles. The van der Waals surface area contributed by atoms with Crippen LogP contribution in [0.1, 0.15) is 43.7 Å². The lowest BCUT2D eigenvalue weighted by atomic mass is 9.75. The first-order valence-electron chi connectivity index (χ1n) is 13.4. The SMILES string of the molecule is N#CC1(NC(=O)C2C[C@@H](F)CC[C@H]2c2nc(-c3ccc(F)cn3)sc2-c2ccc(N3CCSCC3)cc2)CC1. The summed E-state index contributed by atoms with van der Waals surface area (Å²) >= 11 is 3.43. The first kappa shape index (κ1) is 26.2. The molecule has 6 rings (SSSR count). The number of nitrogens with zero attached hydrogens (tertiary/aromatic N) is 4. The summed E-state index contributed by atoms with van der Waals surface area (Å²) in [6.07, 6.45) is 2.28. The maximum absolute atomic E-state index is 14.7. The van der Waals surface area contributed by atoms with Crippen LogP contribution in [0.15, 0.2) is 42.6 Å². The second kappa shape index (κ2) is 10.9. The number of rotatable bonds is 6. The number of hydrogen-bond acceptors (Lipinski definition) is 7. The van der Waals surface area contributed by atoms with Crippen molar-refractivity contribution in [1.82, 2.24) is 15.3 Å². The summed E-state index contributed by atoms with van der Waals surface area (Å²) in [6.45, 7) is 2.04. The van der Waals surface area contributed by atoms with Gasteiger partial charge in [-0.15, -0.1) is 11.3 Å². The third-order valence-electron chi connectivity index (χ3n) is 7.91. The standard InChI is InChI=1S/C29H29F2N5OS2/c30-19-3-7-22(23(15-19)27(37)35-29(17-32)9-10-29)25-26(39-28(34-25)24-8-4-20(31)16-33-24)18-1-5-21(6-2-18)36-11-13-38-14-12-36/h1-2,4-6,8,16,19,22-23H,3,7,9-15H2,(H,35,37)/t19-,22+,23?/m0/s1. The van der Waals surface area contributed by atoms with Crippen molar-refractivity contribution in [3.8, 4) is 27.2 Å². The molecule has 6 nitrogen and oxygen atoms in total. The number of thiazole rings is 1. The van der Waals surface area contributed by atoms with Gasteiger partial charge in [-0.2, -0.15) is 17.0 Å². The smallest absolute Gasteiger partial charge is 0.225 e. The summed E-state index contributed by atoms with van der Waals surface area (Å²) in [5, 5.41) is 13.0. The third kappa shape index (κ3) is 5.52. The Bertz CT molecular complexity index is 1380. The van der Waals surface area contributed by atoms with Gasteiger partial charge in [-0.1, -0.05) is 12.1 Å². The Kier molecular flexibility index (Phi) is 7.29. The van der Waals surface area contributed by atoms with Gasteiger partial charge >= 0.3 is 0 Å². The summed E-state index contributed by atoms with van der Waals surface area (Å²) in [7, 11) is 0. The summed E-state index contributed by atoms with van der Waals surface area (Å²) in [6, 6.07) is 13.6. The van der Waals surface area contributed by atoms with Crippen molar-refractivity contribution in [1.29, 1.82) is 5.26 Å². The van der Waals surface area contributed by atoms with E-state index in [9.17, 15) is 18.8 Å². The van der Waals surface area contributed by atoms with Crippen LogP contribution in [0, 0.1) is 23.1 Å². The molecule has 1 saturated heterocycles. The number of hydrogen-bond donors (Lipinski definition) is 1. The van der Waals surface area contributed by atoms with Crippen molar-refractivity contribution in [2.75, 3.05) is 29.5 Å². The van der Waals surface area contributed by atoms with E-state index in [4.69, 9.17) is 4.98 Å². The molecule has 2 saturated carbocycles. The zero-order valence-electron chi connectivity index (χ0n) is 21.4. The van der Waals surface area contributed by atoms with Crippen LogP contribution in [0.25, 0.3) is 21.1 Å². The molecule has 3 aliphatic rings. The topological polar surface area (TPSA) is 81.9 Å². The Labute approximate surface area is 234 Å². The molecule has 3 atom stereocenters. The van der Waals surface area contributed by atoms with Gasteiger partial charge in [0.05, 0.1) is 28.5 Å². The molecule has 1 aliphatic heterocycles. The minimum absolute atomic E-state index is 0.102. The second-order valence-electron chi connectivity index (χ2n) is 10.5. The van der Waals surface area contributed by atoms with Gasteiger partial charge in [0.1, 0.15) is 22.5 Å². The predicted molar refractivity (Wildman–Crippen MR) is 151 cm³/mol. The Morgan fingerprint density at radius 1 is 1.13 bits per heavy atom. The van der Waals surface area contributed by atoms with Crippen molar-refractivity contribution < 1.29 is 13.6 Å². The second-order valence-corrected chi connectivity index (χ2v) is 12.8. The molecule has 10 heteroatoms. The number of benzene rings is 1. The molecule has 3 fully saturated rings. The van der Waals surface area contributed by atoms with Gasteiger partial charge in [-0.05, 0) is 61.9 Å². The van der Waals surface area contributed by atoms with E-state index in [0.29, 0.717) is 36.4 Å². The van der Waals surface area contributed by atoms with E-state index in [2.05, 4.69) is 45.5 Å². The fourth-order valence-corrected chi connectivity index (χ4v) is 7.52. The van der Waals surface area contributed by atoms with Gasteiger partial charge in [-0.3, -0.25) is 9.78 Å². The Morgan fingerprint density at radius 2 is 1.90 bits per heavy atom. The highest BCUT2D eigenvalue weighted by Gasteiger charge is 2.48. The van der Waals surface area contributed by atoms with Crippen molar-refractivity contribution in [3.05, 3.63) is 54.1 Å². The molecule has 0 bridgehead atoms. The number of carbonyl (C=O) groups excluding carboxylic acids is 1. The van der Waals surface area contributed by atoms with Crippen LogP contribution in [0.4, 0.5) is 14.5 Å². The molecule has 2 aromatic heterocycles. The highest BCUT2D eigenvalue weighted by atomic mass is 32.2. The maximum Gasteiger partial charge on any atom is 0.225 e. The number of nitrogens with one attached hydrogen (secondary N) is 1. The van der Waals surface area contributed by atoms with E-state index in [1.54, 1.807) is 6.07 Å². The molecule has 1 unspecified atom stereocenters. The zero-order chi connectivity index (χ0) is 27.0. The fraction of sp³-hybridized carbons (Fsp3) is 0.448. The van der Waals surface area contributed by atoms with Crippen LogP contribution in [0.2, 0.25) is 0 Å². The molecule has 202 valence electrons. The fourth-order valence-electron chi connectivity index (χ4n) is 5.50. The van der Waals surface area contributed by atoms with Crippen molar-refractivity contribution in [3.63, 3.8) is 0 Å². The molecular weight excluding hydrogens is 536 g/mol. The van der Waals surface area contributed by atoms with E-state index < -0.39 is 23.4 Å². The van der Waals surface area contributed by atoms with E-state index in [-0.39, 0.29) is 18.2 Å². The summed E-state index contributed by atoms with van der Waals surface area (Å²) in [5.74, 6) is 0.600. The summed E-state index contributed by atoms with van der Waals surface area (Å²) < 4.78 is 28.2. The molecule has 1 N–H and O–H groups in total. The molecule has 2 aliphatic carbocycles. The normalized spacial score (nSPS) is 24.1. The maximum atomic E-state index is 14.7. The number of pyridine rings is 1. The number of anilines is 1. The molecule has 1 aromatic carbocycles. The zero-order valence-corrected chi connectivity index (χ0v) is 23.0. The van der Waals surface area contributed by atoms with Gasteiger partial charge in [-0.25, -0.2) is 13.8 Å². The van der Waals surface area contributed by atoms with Crippen LogP contribution in [-0.4, -0.2) is 52.2 Å². The Balaban J connectivity index is 1.37. The number of nitriles is 1. The van der Waals surface area contributed by atoms with Gasteiger partial charge < -0.3 is 10.2 Å². The minimum atomic E-state index is -1.07. The monoisotopic (exact) mass is 565 g/mol. The quantitative estimate of drug-likeness (QED) is 0.397. The van der Waals surface area contributed by atoms with Crippen molar-refractivity contribution in [2.24, 2.45) is 5.92 Å². The number of halogens is 2. The average molecular weight is 566 g/mol. The largest absolute Gasteiger partial charge is 0.370 e.